The molecule has 40 heavy (non-hydrogen) atoms. The molecule has 3 aromatic rings. The number of amides is 1. The van der Waals surface area contributed by atoms with Gasteiger partial charge in [0.05, 0.1) is 16.9 Å². The molecule has 0 saturated heterocycles. The lowest BCUT2D eigenvalue weighted by Crippen LogP contribution is -2.35. The van der Waals surface area contributed by atoms with Crippen LogP contribution < -0.4 is 16.1 Å². The maximum atomic E-state index is 15.6. The number of aromatic nitrogens is 1. The van der Waals surface area contributed by atoms with E-state index in [0.29, 0.717) is 33.7 Å². The summed E-state index contributed by atoms with van der Waals surface area (Å²) in [5.41, 5.74) is 6.39. The standard InChI is InChI=1S/C32H31F2N5O/c1-5-37-39-30(23-11-13-26(33)14-12-23)28(22(3)35-4)20-27(34)19-25-18-24(10-9-21(25)2)31(40)38-32(15-16-32)29-8-6-7-17-36-29/h5-14,17-20,35,37H,1,3,15-16H2,2,4H3,(H,38,40)/b27-19-,28-20+,39-30-. The third kappa shape index (κ3) is 6.58. The Morgan fingerprint density at radius 2 is 1.82 bits per heavy atom. The smallest absolute Gasteiger partial charge is 0.252 e. The van der Waals surface area contributed by atoms with Crippen LogP contribution in [0.15, 0.2) is 114 Å². The van der Waals surface area contributed by atoms with Crippen LogP contribution in [0.2, 0.25) is 0 Å². The quantitative estimate of drug-likeness (QED) is 0.157. The number of allylic oxidation sites excluding steroid dienone is 3. The van der Waals surface area contributed by atoms with Crippen LogP contribution in [0.4, 0.5) is 8.78 Å². The maximum Gasteiger partial charge on any atom is 0.252 e. The van der Waals surface area contributed by atoms with E-state index >= 15 is 4.39 Å². The maximum absolute atomic E-state index is 15.6. The van der Waals surface area contributed by atoms with Gasteiger partial charge in [-0.15, -0.1) is 0 Å². The van der Waals surface area contributed by atoms with Gasteiger partial charge in [-0.25, -0.2) is 8.78 Å². The van der Waals surface area contributed by atoms with Gasteiger partial charge in [-0.3, -0.25) is 15.2 Å². The van der Waals surface area contributed by atoms with E-state index < -0.39 is 17.2 Å². The number of halogens is 2. The molecule has 2 aromatic carbocycles. The number of hydrogen-bond donors (Lipinski definition) is 3. The van der Waals surface area contributed by atoms with Crippen molar-refractivity contribution in [1.29, 1.82) is 0 Å². The summed E-state index contributed by atoms with van der Waals surface area (Å²) >= 11 is 0. The highest BCUT2D eigenvalue weighted by Gasteiger charge is 2.47. The number of nitrogens with zero attached hydrogens (tertiary/aromatic N) is 2. The van der Waals surface area contributed by atoms with Gasteiger partial charge in [0.2, 0.25) is 0 Å². The van der Waals surface area contributed by atoms with E-state index in [1.165, 1.54) is 30.5 Å². The molecule has 1 fully saturated rings. The summed E-state index contributed by atoms with van der Waals surface area (Å²) in [4.78, 5) is 17.6. The summed E-state index contributed by atoms with van der Waals surface area (Å²) < 4.78 is 29.1. The number of likely N-dealkylation sites (N-methyl/N-ethyl adjacent to an activating group) is 1. The van der Waals surface area contributed by atoms with E-state index in [2.05, 4.69) is 39.3 Å². The zero-order chi connectivity index (χ0) is 28.7. The molecule has 0 spiro atoms. The first-order valence-corrected chi connectivity index (χ1v) is 12.8. The highest BCUT2D eigenvalue weighted by Crippen LogP contribution is 2.44. The molecule has 1 aliphatic carbocycles. The molecular formula is C32H31F2N5O. The van der Waals surface area contributed by atoms with E-state index in [9.17, 15) is 9.18 Å². The minimum atomic E-state index is -0.590. The fourth-order valence-electron chi connectivity index (χ4n) is 4.20. The molecule has 1 saturated carbocycles. The molecule has 4 rings (SSSR count). The van der Waals surface area contributed by atoms with Gasteiger partial charge in [0.25, 0.3) is 5.91 Å². The molecule has 1 amide bonds. The van der Waals surface area contributed by atoms with E-state index in [1.54, 1.807) is 43.6 Å². The summed E-state index contributed by atoms with van der Waals surface area (Å²) in [5.74, 6) is -1.25. The number of hydrogen-bond acceptors (Lipinski definition) is 5. The summed E-state index contributed by atoms with van der Waals surface area (Å²) in [6.07, 6.45) is 7.34. The average molecular weight is 540 g/mol. The average Bonchev–Trinajstić information content (AvgIpc) is 3.75. The number of benzene rings is 2. The van der Waals surface area contributed by atoms with Gasteiger partial charge in [0.15, 0.2) is 0 Å². The first-order chi connectivity index (χ1) is 19.3. The SMILES string of the molecule is C=CN\N=C(/C(=C/C(F)=C/c1cc(C(=O)NC2(c3ccccn3)CC2)ccc1C)C(=C)NC)c1ccc(F)cc1. The van der Waals surface area contributed by atoms with Crippen LogP contribution in [0, 0.1) is 12.7 Å². The molecule has 1 aromatic heterocycles. The Balaban J connectivity index is 1.66. The second kappa shape index (κ2) is 12.3. The largest absolute Gasteiger partial charge is 0.388 e. The highest BCUT2D eigenvalue weighted by atomic mass is 19.1. The van der Waals surface area contributed by atoms with Crippen molar-refractivity contribution in [3.63, 3.8) is 0 Å². The third-order valence-corrected chi connectivity index (χ3v) is 6.64. The first-order valence-electron chi connectivity index (χ1n) is 12.8. The van der Waals surface area contributed by atoms with E-state index in [1.807, 2.05) is 25.1 Å². The zero-order valence-electron chi connectivity index (χ0n) is 22.5. The lowest BCUT2D eigenvalue weighted by atomic mass is 9.98. The third-order valence-electron chi connectivity index (χ3n) is 6.64. The number of nitrogens with one attached hydrogen (secondary N) is 3. The highest BCUT2D eigenvalue weighted by molar-refractivity contribution is 6.15. The monoisotopic (exact) mass is 539 g/mol. The molecule has 0 atom stereocenters. The van der Waals surface area contributed by atoms with Gasteiger partial charge in [0, 0.05) is 41.8 Å². The van der Waals surface area contributed by atoms with Crippen molar-refractivity contribution >= 4 is 17.7 Å². The fourth-order valence-corrected chi connectivity index (χ4v) is 4.20. The van der Waals surface area contributed by atoms with Gasteiger partial charge < -0.3 is 10.6 Å². The number of aryl methyl sites for hydroxylation is 1. The predicted molar refractivity (Wildman–Crippen MR) is 155 cm³/mol. The number of rotatable bonds is 11. The Labute approximate surface area is 232 Å². The van der Waals surface area contributed by atoms with Crippen molar-refractivity contribution in [3.05, 3.63) is 143 Å². The van der Waals surface area contributed by atoms with Crippen molar-refractivity contribution in [2.24, 2.45) is 5.10 Å². The molecular weight excluding hydrogens is 508 g/mol. The second-order valence-electron chi connectivity index (χ2n) is 9.44. The lowest BCUT2D eigenvalue weighted by Gasteiger charge is -2.17. The van der Waals surface area contributed by atoms with Crippen LogP contribution in [0.5, 0.6) is 0 Å². The Hall–Kier alpha value is -4.85. The van der Waals surface area contributed by atoms with Crippen LogP contribution in [0.3, 0.4) is 0 Å². The normalized spacial score (nSPS) is 14.8. The van der Waals surface area contributed by atoms with Gasteiger partial charge in [0.1, 0.15) is 11.6 Å². The van der Waals surface area contributed by atoms with Crippen LogP contribution in [0.25, 0.3) is 6.08 Å². The molecule has 1 aliphatic rings. The van der Waals surface area contributed by atoms with Crippen LogP contribution in [-0.2, 0) is 5.54 Å². The summed E-state index contributed by atoms with van der Waals surface area (Å²) in [6.45, 7) is 9.43. The molecule has 8 heteroatoms. The zero-order valence-corrected chi connectivity index (χ0v) is 22.5. The number of pyridine rings is 1. The minimum Gasteiger partial charge on any atom is -0.388 e. The lowest BCUT2D eigenvalue weighted by molar-refractivity contribution is 0.0929. The predicted octanol–water partition coefficient (Wildman–Crippen LogP) is 6.06. The van der Waals surface area contributed by atoms with E-state index in [-0.39, 0.29) is 5.91 Å². The molecule has 0 unspecified atom stereocenters. The van der Waals surface area contributed by atoms with Crippen LogP contribution >= 0.6 is 0 Å². The Morgan fingerprint density at radius 3 is 2.45 bits per heavy atom. The van der Waals surface area contributed by atoms with Crippen molar-refractivity contribution in [1.82, 2.24) is 21.0 Å². The Morgan fingerprint density at radius 1 is 1.10 bits per heavy atom. The van der Waals surface area contributed by atoms with Gasteiger partial charge in [-0.05, 0) is 91.6 Å². The van der Waals surface area contributed by atoms with Crippen molar-refractivity contribution in [2.75, 3.05) is 7.05 Å². The topological polar surface area (TPSA) is 78.4 Å². The second-order valence-corrected chi connectivity index (χ2v) is 9.44. The molecule has 204 valence electrons. The molecule has 0 aliphatic heterocycles. The van der Waals surface area contributed by atoms with E-state index in [0.717, 1.165) is 24.1 Å². The molecule has 0 bridgehead atoms. The number of hydrazone groups is 1. The Kier molecular flexibility index (Phi) is 8.69. The van der Waals surface area contributed by atoms with Crippen LogP contribution in [0.1, 0.15) is 45.6 Å². The Bertz CT molecular complexity index is 1500. The fraction of sp³-hybridized carbons (Fsp3) is 0.156. The minimum absolute atomic E-state index is 0.251. The summed E-state index contributed by atoms with van der Waals surface area (Å²) in [5, 5.41) is 10.3. The number of carbonyl (C=O) groups excluding carboxylic acids is 1. The molecule has 1 heterocycles. The van der Waals surface area contributed by atoms with Gasteiger partial charge in [-0.2, -0.15) is 5.10 Å². The van der Waals surface area contributed by atoms with Gasteiger partial charge >= 0.3 is 0 Å². The van der Waals surface area contributed by atoms with Crippen molar-refractivity contribution in [2.45, 2.75) is 25.3 Å². The first kappa shape index (κ1) is 28.2. The van der Waals surface area contributed by atoms with Crippen molar-refractivity contribution in [3.8, 4) is 0 Å². The molecule has 0 radical (unpaired) electrons. The number of carbonyl (C=O) groups is 1. The summed E-state index contributed by atoms with van der Waals surface area (Å²) in [7, 11) is 1.66. The van der Waals surface area contributed by atoms with Crippen LogP contribution in [-0.4, -0.2) is 23.7 Å². The van der Waals surface area contributed by atoms with E-state index in [4.69, 9.17) is 0 Å². The van der Waals surface area contributed by atoms with Gasteiger partial charge in [-0.1, -0.05) is 25.3 Å². The molecule has 6 nitrogen and oxygen atoms in total. The van der Waals surface area contributed by atoms with Crippen molar-refractivity contribution < 1.29 is 13.6 Å². The molecule has 3 N–H and O–H groups in total. The summed E-state index contributed by atoms with van der Waals surface area (Å²) in [6, 6.07) is 16.5.